The molecule has 2 aliphatic carbocycles. The number of amides is 2. The second kappa shape index (κ2) is 12.0. The molecular formula is C28H37NO7. The van der Waals surface area contributed by atoms with Crippen LogP contribution < -0.4 is 0 Å². The number of fused-ring (bicyclic) bond motifs is 1. The van der Waals surface area contributed by atoms with Crippen molar-refractivity contribution in [3.05, 3.63) is 36.5 Å². The molecule has 8 heteroatoms. The fraction of sp³-hybridized carbons (Fsp3) is 0.643. The van der Waals surface area contributed by atoms with Gasteiger partial charge in [0.2, 0.25) is 0 Å². The van der Waals surface area contributed by atoms with Crippen LogP contribution in [0.4, 0.5) is 0 Å². The van der Waals surface area contributed by atoms with Crippen molar-refractivity contribution in [1.29, 1.82) is 0 Å². The van der Waals surface area contributed by atoms with Crippen molar-refractivity contribution < 1.29 is 33.8 Å². The molecule has 2 heterocycles. The number of hydrogen-bond donors (Lipinski definition) is 1. The fourth-order valence-corrected chi connectivity index (χ4v) is 5.88. The summed E-state index contributed by atoms with van der Waals surface area (Å²) in [6.07, 6.45) is 15.0. The van der Waals surface area contributed by atoms with Gasteiger partial charge in [-0.25, -0.2) is 4.79 Å². The van der Waals surface area contributed by atoms with Crippen LogP contribution in [-0.4, -0.2) is 58.6 Å². The normalized spacial score (nSPS) is 37.3. The highest BCUT2D eigenvalue weighted by Crippen LogP contribution is 2.39. The molecule has 0 aromatic heterocycles. The molecule has 2 aliphatic heterocycles. The van der Waals surface area contributed by atoms with Crippen LogP contribution in [0, 0.1) is 23.7 Å². The van der Waals surface area contributed by atoms with Gasteiger partial charge in [0.25, 0.3) is 11.8 Å². The average molecular weight is 500 g/mol. The average Bonchev–Trinajstić information content (AvgIpc) is 3.40. The van der Waals surface area contributed by atoms with Crippen LogP contribution in [0.3, 0.4) is 0 Å². The molecule has 1 N–H and O–H groups in total. The Morgan fingerprint density at radius 2 is 1.75 bits per heavy atom. The number of ether oxygens (including phenoxy) is 2. The second-order valence-corrected chi connectivity index (χ2v) is 10.7. The van der Waals surface area contributed by atoms with E-state index in [1.807, 2.05) is 6.92 Å². The van der Waals surface area contributed by atoms with Gasteiger partial charge in [-0.3, -0.25) is 19.3 Å². The van der Waals surface area contributed by atoms with Gasteiger partial charge in [-0.1, -0.05) is 12.2 Å². The van der Waals surface area contributed by atoms with Crippen molar-refractivity contribution in [3.63, 3.8) is 0 Å². The zero-order valence-corrected chi connectivity index (χ0v) is 20.9. The second-order valence-electron chi connectivity index (χ2n) is 10.7. The van der Waals surface area contributed by atoms with Gasteiger partial charge in [0.1, 0.15) is 6.10 Å². The molecule has 4 aliphatic rings. The van der Waals surface area contributed by atoms with E-state index >= 15 is 0 Å². The van der Waals surface area contributed by atoms with Crippen molar-refractivity contribution >= 4 is 23.8 Å². The Morgan fingerprint density at radius 1 is 1.03 bits per heavy atom. The van der Waals surface area contributed by atoms with Gasteiger partial charge in [0, 0.05) is 24.8 Å². The van der Waals surface area contributed by atoms with E-state index in [0.29, 0.717) is 32.2 Å². The lowest BCUT2D eigenvalue weighted by Crippen LogP contribution is -2.37. The lowest BCUT2D eigenvalue weighted by molar-refractivity contribution is -0.156. The van der Waals surface area contributed by atoms with Crippen molar-refractivity contribution in [2.75, 3.05) is 6.54 Å². The molecule has 2 fully saturated rings. The maximum absolute atomic E-state index is 12.9. The van der Waals surface area contributed by atoms with Gasteiger partial charge in [-0.15, -0.1) is 0 Å². The fourth-order valence-electron chi connectivity index (χ4n) is 5.88. The summed E-state index contributed by atoms with van der Waals surface area (Å²) in [6, 6.07) is 0. The molecule has 196 valence electrons. The maximum atomic E-state index is 12.9. The van der Waals surface area contributed by atoms with Crippen LogP contribution in [0.2, 0.25) is 0 Å². The van der Waals surface area contributed by atoms with E-state index < -0.39 is 12.1 Å². The topological polar surface area (TPSA) is 110 Å². The van der Waals surface area contributed by atoms with Gasteiger partial charge < -0.3 is 14.6 Å². The van der Waals surface area contributed by atoms with E-state index in [2.05, 4.69) is 12.2 Å². The molecular weight excluding hydrogens is 462 g/mol. The summed E-state index contributed by atoms with van der Waals surface area (Å²) < 4.78 is 11.3. The quantitative estimate of drug-likeness (QED) is 0.359. The Balaban J connectivity index is 1.29. The first kappa shape index (κ1) is 26.3. The minimum Gasteiger partial charge on any atom is -0.462 e. The molecule has 8 nitrogen and oxygen atoms in total. The predicted octanol–water partition coefficient (Wildman–Crippen LogP) is 3.24. The molecule has 0 bridgehead atoms. The molecule has 0 aromatic rings. The highest BCUT2D eigenvalue weighted by molar-refractivity contribution is 6.12. The van der Waals surface area contributed by atoms with Gasteiger partial charge in [-0.05, 0) is 88.5 Å². The van der Waals surface area contributed by atoms with Crippen molar-refractivity contribution in [2.24, 2.45) is 23.7 Å². The number of allylic oxidation sites excluding steroid dienone is 2. The first-order valence-electron chi connectivity index (χ1n) is 13.3. The number of carbonyl (C=O) groups is 4. The SMILES string of the molecule is C[C@H]1CCC/C=C/[C@@H]2C[C@H](OC(=O)C3CCC(CN4C(=O)C=CC4=O)CC3)C[C@H]2[C@H](O)/C=C/C(=O)O1. The molecule has 0 spiro atoms. The summed E-state index contributed by atoms with van der Waals surface area (Å²) in [5, 5.41) is 10.8. The molecule has 0 unspecified atom stereocenters. The maximum Gasteiger partial charge on any atom is 0.330 e. The summed E-state index contributed by atoms with van der Waals surface area (Å²) >= 11 is 0. The Kier molecular flexibility index (Phi) is 8.77. The number of rotatable bonds is 4. The third kappa shape index (κ3) is 6.72. The molecule has 0 saturated heterocycles. The molecule has 5 atom stereocenters. The lowest BCUT2D eigenvalue weighted by Gasteiger charge is -2.30. The predicted molar refractivity (Wildman–Crippen MR) is 131 cm³/mol. The van der Waals surface area contributed by atoms with Crippen LogP contribution in [0.25, 0.3) is 0 Å². The molecule has 36 heavy (non-hydrogen) atoms. The summed E-state index contributed by atoms with van der Waals surface area (Å²) in [5.74, 6) is -1.22. The Morgan fingerprint density at radius 3 is 2.47 bits per heavy atom. The zero-order valence-electron chi connectivity index (χ0n) is 20.9. The van der Waals surface area contributed by atoms with Crippen LogP contribution in [0.15, 0.2) is 36.5 Å². The number of nitrogens with zero attached hydrogens (tertiary/aromatic N) is 1. The minimum absolute atomic E-state index is 0.0662. The van der Waals surface area contributed by atoms with Gasteiger partial charge in [0.15, 0.2) is 0 Å². The third-order valence-corrected chi connectivity index (χ3v) is 7.97. The van der Waals surface area contributed by atoms with Crippen molar-refractivity contribution in [1.82, 2.24) is 4.90 Å². The molecule has 0 radical (unpaired) electrons. The van der Waals surface area contributed by atoms with E-state index in [9.17, 15) is 24.3 Å². The van der Waals surface area contributed by atoms with E-state index in [-0.39, 0.29) is 53.7 Å². The van der Waals surface area contributed by atoms with Gasteiger partial charge in [-0.2, -0.15) is 0 Å². The summed E-state index contributed by atoms with van der Waals surface area (Å²) in [6.45, 7) is 2.28. The first-order valence-corrected chi connectivity index (χ1v) is 13.3. The molecule has 0 aromatic carbocycles. The van der Waals surface area contributed by atoms with Crippen LogP contribution in [0.1, 0.15) is 64.7 Å². The zero-order chi connectivity index (χ0) is 25.7. The van der Waals surface area contributed by atoms with E-state index in [1.54, 1.807) is 0 Å². The smallest absolute Gasteiger partial charge is 0.330 e. The van der Waals surface area contributed by atoms with Gasteiger partial charge in [0.05, 0.1) is 18.1 Å². The molecule has 2 amide bonds. The molecule has 2 saturated carbocycles. The summed E-state index contributed by atoms with van der Waals surface area (Å²) in [4.78, 5) is 49.9. The van der Waals surface area contributed by atoms with Crippen molar-refractivity contribution in [3.8, 4) is 0 Å². The number of esters is 2. The lowest BCUT2D eigenvalue weighted by atomic mass is 9.81. The summed E-state index contributed by atoms with van der Waals surface area (Å²) in [5.41, 5.74) is 0. The Labute approximate surface area is 212 Å². The van der Waals surface area contributed by atoms with E-state index in [0.717, 1.165) is 32.1 Å². The van der Waals surface area contributed by atoms with Crippen LogP contribution >= 0.6 is 0 Å². The highest BCUT2D eigenvalue weighted by Gasteiger charge is 2.40. The van der Waals surface area contributed by atoms with Crippen LogP contribution in [0.5, 0.6) is 0 Å². The minimum atomic E-state index is -0.826. The number of aliphatic hydroxyl groups excluding tert-OH is 1. The third-order valence-electron chi connectivity index (χ3n) is 7.97. The summed E-state index contributed by atoms with van der Waals surface area (Å²) in [7, 11) is 0. The first-order chi connectivity index (χ1) is 17.3. The number of aliphatic hydroxyl groups is 1. The number of cyclic esters (lactones) is 1. The Hall–Kier alpha value is -2.74. The van der Waals surface area contributed by atoms with Gasteiger partial charge >= 0.3 is 11.9 Å². The van der Waals surface area contributed by atoms with E-state index in [1.165, 1.54) is 29.2 Å². The van der Waals surface area contributed by atoms with Crippen LogP contribution in [-0.2, 0) is 28.7 Å². The largest absolute Gasteiger partial charge is 0.462 e. The van der Waals surface area contributed by atoms with E-state index in [4.69, 9.17) is 9.47 Å². The number of hydrogen-bond acceptors (Lipinski definition) is 7. The molecule has 4 rings (SSSR count). The number of carbonyl (C=O) groups excluding carboxylic acids is 4. The number of imide groups is 1. The Bertz CT molecular complexity index is 912. The highest BCUT2D eigenvalue weighted by atomic mass is 16.5. The standard InChI is InChI=1S/C28H37NO7/c1-18-5-3-2-4-6-21-15-22(16-23(21)24(30)11-14-27(33)35-18)36-28(34)20-9-7-19(8-10-20)17-29-25(31)12-13-26(29)32/h4,6,11-14,18-24,30H,2-3,5,7-10,15-17H2,1H3/b6-4+,14-11+/t18-,19?,20?,21+,22-,23+,24+/m0/s1. The monoisotopic (exact) mass is 499 g/mol. The van der Waals surface area contributed by atoms with Crippen molar-refractivity contribution in [2.45, 2.75) is 83.0 Å².